The van der Waals surface area contributed by atoms with Gasteiger partial charge in [-0.2, -0.15) is 0 Å². The fourth-order valence-corrected chi connectivity index (χ4v) is 2.23. The van der Waals surface area contributed by atoms with Crippen molar-refractivity contribution in [2.75, 3.05) is 26.8 Å². The first-order chi connectivity index (χ1) is 9.60. The maximum atomic E-state index is 12.0. The van der Waals surface area contributed by atoms with Crippen LogP contribution < -0.4 is 10.5 Å². The Morgan fingerprint density at radius 2 is 2.15 bits per heavy atom. The molecule has 1 amide bonds. The van der Waals surface area contributed by atoms with E-state index in [9.17, 15) is 4.79 Å². The van der Waals surface area contributed by atoms with E-state index in [1.807, 2.05) is 0 Å². The van der Waals surface area contributed by atoms with Crippen molar-refractivity contribution in [1.82, 2.24) is 4.90 Å². The van der Waals surface area contributed by atoms with Crippen LogP contribution in [0.25, 0.3) is 0 Å². The second-order valence-electron chi connectivity index (χ2n) is 4.66. The van der Waals surface area contributed by atoms with Crippen LogP contribution in [0.4, 0.5) is 0 Å². The maximum Gasteiger partial charge on any atom is 0.260 e. The SMILES string of the molecule is COC1CCN(C(=O)COc2ccc(C(N)=S)cc2)C1. The van der Waals surface area contributed by atoms with Gasteiger partial charge < -0.3 is 20.1 Å². The number of methoxy groups -OCH3 is 1. The minimum absolute atomic E-state index is 0.0250. The normalized spacial score (nSPS) is 18.1. The van der Waals surface area contributed by atoms with E-state index in [1.54, 1.807) is 36.3 Å². The molecular weight excluding hydrogens is 276 g/mol. The third kappa shape index (κ3) is 3.68. The Bertz CT molecular complexity index is 490. The number of rotatable bonds is 5. The average molecular weight is 294 g/mol. The fourth-order valence-electron chi connectivity index (χ4n) is 2.10. The van der Waals surface area contributed by atoms with Crippen molar-refractivity contribution >= 4 is 23.1 Å². The molecule has 1 heterocycles. The van der Waals surface area contributed by atoms with E-state index in [-0.39, 0.29) is 18.6 Å². The molecule has 2 rings (SSSR count). The van der Waals surface area contributed by atoms with Gasteiger partial charge in [0, 0.05) is 25.8 Å². The lowest BCUT2D eigenvalue weighted by atomic mass is 10.2. The lowest BCUT2D eigenvalue weighted by molar-refractivity contribution is -0.132. The Labute approximate surface area is 123 Å². The van der Waals surface area contributed by atoms with Gasteiger partial charge in [0.2, 0.25) is 0 Å². The molecule has 1 saturated heterocycles. The zero-order chi connectivity index (χ0) is 14.5. The summed E-state index contributed by atoms with van der Waals surface area (Å²) in [6.07, 6.45) is 1.02. The van der Waals surface area contributed by atoms with Crippen LogP contribution in [-0.4, -0.2) is 48.7 Å². The summed E-state index contributed by atoms with van der Waals surface area (Å²) in [5.41, 5.74) is 6.29. The standard InChI is InChI=1S/C14H18N2O3S/c1-18-12-6-7-16(8-12)13(17)9-19-11-4-2-10(3-5-11)14(15)20/h2-5,12H,6-9H2,1H3,(H2,15,20). The lowest BCUT2D eigenvalue weighted by Gasteiger charge is -2.16. The molecule has 1 unspecified atom stereocenters. The van der Waals surface area contributed by atoms with Crippen molar-refractivity contribution in [3.63, 3.8) is 0 Å². The molecule has 20 heavy (non-hydrogen) atoms. The van der Waals surface area contributed by atoms with Gasteiger partial charge in [-0.15, -0.1) is 0 Å². The molecule has 0 aliphatic carbocycles. The monoisotopic (exact) mass is 294 g/mol. The second-order valence-corrected chi connectivity index (χ2v) is 5.10. The molecule has 1 atom stereocenters. The van der Waals surface area contributed by atoms with E-state index in [2.05, 4.69) is 0 Å². The van der Waals surface area contributed by atoms with Gasteiger partial charge in [-0.1, -0.05) is 12.2 Å². The van der Waals surface area contributed by atoms with E-state index in [0.29, 0.717) is 17.3 Å². The fraction of sp³-hybridized carbons (Fsp3) is 0.429. The Balaban J connectivity index is 1.83. The average Bonchev–Trinajstić information content (AvgIpc) is 2.94. The number of nitrogens with two attached hydrogens (primary N) is 1. The molecule has 0 aromatic heterocycles. The van der Waals surface area contributed by atoms with Crippen LogP contribution in [0.15, 0.2) is 24.3 Å². The van der Waals surface area contributed by atoms with Gasteiger partial charge >= 0.3 is 0 Å². The number of likely N-dealkylation sites (tertiary alicyclic amines) is 1. The molecule has 2 N–H and O–H groups in total. The van der Waals surface area contributed by atoms with Crippen molar-refractivity contribution in [3.8, 4) is 5.75 Å². The highest BCUT2D eigenvalue weighted by molar-refractivity contribution is 7.80. The highest BCUT2D eigenvalue weighted by Gasteiger charge is 2.25. The summed E-state index contributed by atoms with van der Waals surface area (Å²) in [6.45, 7) is 1.39. The van der Waals surface area contributed by atoms with Gasteiger partial charge in [-0.25, -0.2) is 0 Å². The molecule has 0 spiro atoms. The van der Waals surface area contributed by atoms with Crippen molar-refractivity contribution < 1.29 is 14.3 Å². The number of hydrogen-bond donors (Lipinski definition) is 1. The first kappa shape index (κ1) is 14.7. The first-order valence-electron chi connectivity index (χ1n) is 6.43. The summed E-state index contributed by atoms with van der Waals surface area (Å²) in [6, 6.07) is 7.06. The predicted molar refractivity (Wildman–Crippen MR) is 79.8 cm³/mol. The summed E-state index contributed by atoms with van der Waals surface area (Å²) in [5.74, 6) is 0.601. The van der Waals surface area contributed by atoms with Gasteiger partial charge in [-0.05, 0) is 30.7 Å². The van der Waals surface area contributed by atoms with Gasteiger partial charge in [0.15, 0.2) is 6.61 Å². The molecule has 1 aliphatic rings. The minimum atomic E-state index is -0.0250. The van der Waals surface area contributed by atoms with Gasteiger partial charge in [0.05, 0.1) is 6.10 Å². The zero-order valence-corrected chi connectivity index (χ0v) is 12.2. The van der Waals surface area contributed by atoms with Crippen LogP contribution in [-0.2, 0) is 9.53 Å². The largest absolute Gasteiger partial charge is 0.484 e. The topological polar surface area (TPSA) is 64.8 Å². The maximum absolute atomic E-state index is 12.0. The van der Waals surface area contributed by atoms with Gasteiger partial charge in [0.1, 0.15) is 10.7 Å². The molecule has 1 aromatic carbocycles. The number of benzene rings is 1. The number of carbonyl (C=O) groups is 1. The zero-order valence-electron chi connectivity index (χ0n) is 11.4. The molecule has 0 bridgehead atoms. The molecular formula is C14H18N2O3S. The quantitative estimate of drug-likeness (QED) is 0.819. The van der Waals surface area contributed by atoms with Crippen LogP contribution in [0.2, 0.25) is 0 Å². The molecule has 1 aromatic rings. The lowest BCUT2D eigenvalue weighted by Crippen LogP contribution is -2.33. The number of carbonyl (C=O) groups excluding carboxylic acids is 1. The number of amides is 1. The summed E-state index contributed by atoms with van der Waals surface area (Å²) in [5, 5.41) is 0. The number of hydrogen-bond acceptors (Lipinski definition) is 4. The van der Waals surface area contributed by atoms with E-state index in [4.69, 9.17) is 27.4 Å². The van der Waals surface area contributed by atoms with Crippen LogP contribution in [0.1, 0.15) is 12.0 Å². The van der Waals surface area contributed by atoms with Crippen molar-refractivity contribution in [2.24, 2.45) is 5.73 Å². The van der Waals surface area contributed by atoms with E-state index in [1.165, 1.54) is 0 Å². The third-order valence-corrected chi connectivity index (χ3v) is 3.57. The van der Waals surface area contributed by atoms with Crippen molar-refractivity contribution in [3.05, 3.63) is 29.8 Å². The molecule has 0 radical (unpaired) electrons. The van der Waals surface area contributed by atoms with Crippen LogP contribution in [0.5, 0.6) is 5.75 Å². The van der Waals surface area contributed by atoms with Crippen molar-refractivity contribution in [2.45, 2.75) is 12.5 Å². The molecule has 1 fully saturated rings. The van der Waals surface area contributed by atoms with Crippen LogP contribution in [0.3, 0.4) is 0 Å². The molecule has 1 aliphatic heterocycles. The second kappa shape index (κ2) is 6.67. The number of ether oxygens (including phenoxy) is 2. The summed E-state index contributed by atoms with van der Waals surface area (Å²) in [4.78, 5) is 14.1. The van der Waals surface area contributed by atoms with E-state index < -0.39 is 0 Å². The third-order valence-electron chi connectivity index (χ3n) is 3.33. The Kier molecular flexibility index (Phi) is 4.92. The number of nitrogens with zero attached hydrogens (tertiary/aromatic N) is 1. The smallest absolute Gasteiger partial charge is 0.260 e. The Morgan fingerprint density at radius 1 is 1.45 bits per heavy atom. The highest BCUT2D eigenvalue weighted by Crippen LogP contribution is 2.14. The molecule has 108 valence electrons. The summed E-state index contributed by atoms with van der Waals surface area (Å²) >= 11 is 4.87. The molecule has 5 nitrogen and oxygen atoms in total. The predicted octanol–water partition coefficient (Wildman–Crippen LogP) is 0.947. The van der Waals surface area contributed by atoms with Crippen LogP contribution in [0, 0.1) is 0 Å². The first-order valence-corrected chi connectivity index (χ1v) is 6.84. The summed E-state index contributed by atoms with van der Waals surface area (Å²) in [7, 11) is 1.67. The van der Waals surface area contributed by atoms with Gasteiger partial charge in [-0.3, -0.25) is 4.79 Å². The van der Waals surface area contributed by atoms with Crippen LogP contribution >= 0.6 is 12.2 Å². The Morgan fingerprint density at radius 3 is 2.70 bits per heavy atom. The molecule has 6 heteroatoms. The van der Waals surface area contributed by atoms with E-state index in [0.717, 1.165) is 18.5 Å². The Hall–Kier alpha value is -1.66. The number of thiocarbonyl (C=S) groups is 1. The highest BCUT2D eigenvalue weighted by atomic mass is 32.1. The van der Waals surface area contributed by atoms with Crippen molar-refractivity contribution in [1.29, 1.82) is 0 Å². The summed E-state index contributed by atoms with van der Waals surface area (Å²) < 4.78 is 10.7. The molecule has 0 saturated carbocycles. The van der Waals surface area contributed by atoms with Gasteiger partial charge in [0.25, 0.3) is 5.91 Å². The van der Waals surface area contributed by atoms with E-state index >= 15 is 0 Å². The minimum Gasteiger partial charge on any atom is -0.484 e.